The predicted octanol–water partition coefficient (Wildman–Crippen LogP) is 3.69. The second kappa shape index (κ2) is 14.7. The maximum Gasteiger partial charge on any atom is 0.295 e. The lowest BCUT2D eigenvalue weighted by Gasteiger charge is -2.34. The first-order chi connectivity index (χ1) is 21.3. The molecule has 11 heteroatoms. The van der Waals surface area contributed by atoms with Crippen molar-refractivity contribution in [3.8, 4) is 5.75 Å². The van der Waals surface area contributed by atoms with Crippen molar-refractivity contribution >= 4 is 27.5 Å². The summed E-state index contributed by atoms with van der Waals surface area (Å²) in [5.41, 5.74) is 0.462. The van der Waals surface area contributed by atoms with E-state index in [1.807, 2.05) is 0 Å². The molecule has 3 aromatic rings. The summed E-state index contributed by atoms with van der Waals surface area (Å²) in [5.74, 6) is 0.0198. The zero-order chi connectivity index (χ0) is 30.9. The van der Waals surface area contributed by atoms with E-state index in [0.29, 0.717) is 30.4 Å². The molecule has 2 saturated heterocycles. The number of aliphatic hydroxyl groups is 1. The van der Waals surface area contributed by atoms with Gasteiger partial charge in [-0.05, 0) is 106 Å². The van der Waals surface area contributed by atoms with Gasteiger partial charge >= 0.3 is 0 Å². The zero-order valence-electron chi connectivity index (χ0n) is 24.8. The van der Waals surface area contributed by atoms with Gasteiger partial charge in [0.05, 0.1) is 17.2 Å². The van der Waals surface area contributed by atoms with E-state index in [2.05, 4.69) is 10.2 Å². The number of nitrogens with zero attached hydrogens (tertiary/aromatic N) is 3. The molecule has 2 fully saturated rings. The van der Waals surface area contributed by atoms with E-state index in [-0.39, 0.29) is 16.4 Å². The van der Waals surface area contributed by atoms with Crippen LogP contribution in [-0.2, 0) is 14.8 Å². The number of rotatable bonds is 12. The molecule has 3 aromatic carbocycles. The molecule has 44 heavy (non-hydrogen) atoms. The normalized spacial score (nSPS) is 16.8. The van der Waals surface area contributed by atoms with Gasteiger partial charge in [0.25, 0.3) is 15.9 Å². The smallest absolute Gasteiger partial charge is 0.295 e. The maximum absolute atomic E-state index is 13.7. The van der Waals surface area contributed by atoms with Gasteiger partial charge in [0.15, 0.2) is 5.75 Å². The lowest BCUT2D eigenvalue weighted by Crippen LogP contribution is -2.52. The Morgan fingerprint density at radius 3 is 2.11 bits per heavy atom. The maximum atomic E-state index is 13.7. The molecule has 1 unspecified atom stereocenters. The highest BCUT2D eigenvalue weighted by Crippen LogP contribution is 2.26. The fraction of sp³-hybridized carbons (Fsp3) is 0.394. The molecule has 2 heterocycles. The molecule has 10 nitrogen and oxygen atoms in total. The summed E-state index contributed by atoms with van der Waals surface area (Å²) in [7, 11) is -4.19. The van der Waals surface area contributed by atoms with Crippen molar-refractivity contribution in [2.24, 2.45) is 5.92 Å². The Balaban J connectivity index is 1.20. The molecule has 2 aliphatic rings. The summed E-state index contributed by atoms with van der Waals surface area (Å²) < 4.78 is 28.1. The Hall–Kier alpha value is -3.93. The van der Waals surface area contributed by atoms with Crippen molar-refractivity contribution in [2.75, 3.05) is 43.8 Å². The monoisotopic (exact) mass is 620 g/mol. The second-order valence-electron chi connectivity index (χ2n) is 11.3. The molecule has 234 valence electrons. The SMILES string of the molecule is O=C(NC(CO)C(=O)N1CCC(CCN2CCCC2)CC1)c1ccc(S(=O)(=O)N(Oc2ccccc2)c2ccccc2)cc1. The Morgan fingerprint density at radius 1 is 0.886 bits per heavy atom. The topological polar surface area (TPSA) is 119 Å². The number of amides is 2. The second-order valence-corrected chi connectivity index (χ2v) is 13.1. The van der Waals surface area contributed by atoms with Crippen LogP contribution in [0, 0.1) is 5.92 Å². The average Bonchev–Trinajstić information content (AvgIpc) is 3.60. The average molecular weight is 621 g/mol. The van der Waals surface area contributed by atoms with E-state index in [1.165, 1.54) is 50.2 Å². The first kappa shape index (κ1) is 31.5. The highest BCUT2D eigenvalue weighted by Gasteiger charge is 2.31. The summed E-state index contributed by atoms with van der Waals surface area (Å²) in [6.45, 7) is 4.15. The number of carbonyl (C=O) groups is 2. The Morgan fingerprint density at radius 2 is 1.50 bits per heavy atom. The van der Waals surface area contributed by atoms with Gasteiger partial charge in [-0.15, -0.1) is 0 Å². The number of carbonyl (C=O) groups excluding carboxylic acids is 2. The molecule has 2 amide bonds. The number of benzene rings is 3. The molecule has 2 N–H and O–H groups in total. The van der Waals surface area contributed by atoms with Crippen molar-refractivity contribution in [3.05, 3.63) is 90.5 Å². The molecular weight excluding hydrogens is 580 g/mol. The van der Waals surface area contributed by atoms with Crippen LogP contribution in [0.25, 0.3) is 0 Å². The summed E-state index contributed by atoms with van der Waals surface area (Å²) in [5, 5.41) is 12.6. The third-order valence-corrected chi connectivity index (χ3v) is 9.89. The summed E-state index contributed by atoms with van der Waals surface area (Å²) >= 11 is 0. The van der Waals surface area contributed by atoms with Gasteiger partial charge in [-0.25, -0.2) is 0 Å². The van der Waals surface area contributed by atoms with Crippen LogP contribution in [0.1, 0.15) is 42.5 Å². The van der Waals surface area contributed by atoms with Crippen molar-refractivity contribution in [1.82, 2.24) is 15.1 Å². The van der Waals surface area contributed by atoms with Crippen molar-refractivity contribution < 1.29 is 28.0 Å². The Labute approximate surface area is 259 Å². The van der Waals surface area contributed by atoms with Crippen LogP contribution < -0.4 is 14.6 Å². The van der Waals surface area contributed by atoms with Crippen LogP contribution in [0.3, 0.4) is 0 Å². The van der Waals surface area contributed by atoms with Gasteiger partial charge in [-0.2, -0.15) is 8.42 Å². The van der Waals surface area contributed by atoms with Crippen LogP contribution in [0.4, 0.5) is 5.69 Å². The van der Waals surface area contributed by atoms with E-state index < -0.39 is 28.6 Å². The van der Waals surface area contributed by atoms with Crippen LogP contribution in [0.2, 0.25) is 0 Å². The molecular formula is C33H40N4O6S. The predicted molar refractivity (Wildman–Crippen MR) is 168 cm³/mol. The van der Waals surface area contributed by atoms with Gasteiger partial charge in [0, 0.05) is 18.7 Å². The van der Waals surface area contributed by atoms with E-state index in [4.69, 9.17) is 4.84 Å². The van der Waals surface area contributed by atoms with E-state index in [1.54, 1.807) is 65.6 Å². The number of nitrogens with one attached hydrogen (secondary N) is 1. The number of likely N-dealkylation sites (tertiary alicyclic amines) is 2. The van der Waals surface area contributed by atoms with E-state index >= 15 is 0 Å². The van der Waals surface area contributed by atoms with Crippen LogP contribution in [0.5, 0.6) is 5.75 Å². The minimum absolute atomic E-state index is 0.0868. The fourth-order valence-electron chi connectivity index (χ4n) is 5.70. The zero-order valence-corrected chi connectivity index (χ0v) is 25.6. The molecule has 0 spiro atoms. The third-order valence-electron chi connectivity index (χ3n) is 8.30. The Kier molecular flexibility index (Phi) is 10.5. The minimum atomic E-state index is -4.19. The lowest BCUT2D eigenvalue weighted by molar-refractivity contribution is -0.135. The number of hydrogen-bond donors (Lipinski definition) is 2. The minimum Gasteiger partial charge on any atom is -0.394 e. The summed E-state index contributed by atoms with van der Waals surface area (Å²) in [6.07, 6.45) is 5.52. The van der Waals surface area contributed by atoms with Crippen molar-refractivity contribution in [2.45, 2.75) is 43.0 Å². The molecule has 5 rings (SSSR count). The molecule has 0 aliphatic carbocycles. The number of hydrogen-bond acceptors (Lipinski definition) is 7. The van der Waals surface area contributed by atoms with E-state index in [0.717, 1.165) is 30.3 Å². The molecule has 0 bridgehead atoms. The highest BCUT2D eigenvalue weighted by molar-refractivity contribution is 7.92. The molecule has 0 aromatic heterocycles. The molecule has 1 atom stereocenters. The summed E-state index contributed by atoms with van der Waals surface area (Å²) in [6, 6.07) is 21.3. The first-order valence-electron chi connectivity index (χ1n) is 15.2. The summed E-state index contributed by atoms with van der Waals surface area (Å²) in [4.78, 5) is 36.1. The van der Waals surface area contributed by atoms with Crippen molar-refractivity contribution in [3.63, 3.8) is 0 Å². The first-order valence-corrected chi connectivity index (χ1v) is 16.7. The quantitative estimate of drug-likeness (QED) is 0.297. The standard InChI is InChI=1S/C33H40N4O6S/c38-25-31(33(40)36-23-18-26(19-24-36)17-22-35-20-7-8-21-35)34-32(39)27-13-15-30(16-14-27)44(41,42)37(28-9-3-1-4-10-28)43-29-11-5-2-6-12-29/h1-6,9-16,26,31,38H,7-8,17-25H2,(H,34,39). The number of piperidine rings is 1. The van der Waals surface area contributed by atoms with Crippen molar-refractivity contribution in [1.29, 1.82) is 0 Å². The number of aliphatic hydroxyl groups excluding tert-OH is 1. The molecule has 0 saturated carbocycles. The lowest BCUT2D eigenvalue weighted by atomic mass is 9.93. The highest BCUT2D eigenvalue weighted by atomic mass is 32.2. The van der Waals surface area contributed by atoms with Gasteiger partial charge in [0.2, 0.25) is 5.91 Å². The third kappa shape index (κ3) is 7.77. The molecule has 2 aliphatic heterocycles. The van der Waals surface area contributed by atoms with E-state index in [9.17, 15) is 23.1 Å². The van der Waals surface area contributed by atoms with Crippen LogP contribution >= 0.6 is 0 Å². The molecule has 0 radical (unpaired) electrons. The van der Waals surface area contributed by atoms with Gasteiger partial charge in [-0.1, -0.05) is 40.9 Å². The van der Waals surface area contributed by atoms with Crippen LogP contribution in [-0.4, -0.2) is 80.5 Å². The van der Waals surface area contributed by atoms with Crippen LogP contribution in [0.15, 0.2) is 89.8 Å². The van der Waals surface area contributed by atoms with Gasteiger partial charge < -0.3 is 25.1 Å². The van der Waals surface area contributed by atoms with Gasteiger partial charge in [0.1, 0.15) is 6.04 Å². The fourth-order valence-corrected chi connectivity index (χ4v) is 6.96. The largest absolute Gasteiger partial charge is 0.394 e. The Bertz CT molecular complexity index is 1470. The van der Waals surface area contributed by atoms with Gasteiger partial charge in [-0.3, -0.25) is 9.59 Å². The number of sulfonamides is 1. The number of anilines is 1. The number of para-hydroxylation sites is 2.